The van der Waals surface area contributed by atoms with Gasteiger partial charge >= 0.3 is 11.4 Å². The van der Waals surface area contributed by atoms with Crippen molar-refractivity contribution in [2.75, 3.05) is 5.75 Å². The van der Waals surface area contributed by atoms with Crippen LogP contribution in [0.3, 0.4) is 0 Å². The Kier molecular flexibility index (Phi) is 5.69. The first kappa shape index (κ1) is 14.8. The van der Waals surface area contributed by atoms with Gasteiger partial charge in [0.2, 0.25) is 0 Å². The van der Waals surface area contributed by atoms with Crippen molar-refractivity contribution in [3.8, 4) is 5.75 Å². The normalized spacial score (nSPS) is 20.4. The molecule has 2 atom stereocenters. The number of fused-ring (bicyclic) bond motifs is 1. The highest BCUT2D eigenvalue weighted by Gasteiger charge is 2.16. The summed E-state index contributed by atoms with van der Waals surface area (Å²) < 4.78 is 24.2. The van der Waals surface area contributed by atoms with Crippen LogP contribution < -0.4 is 9.50 Å². The Morgan fingerprint density at radius 1 is 1.58 bits per heavy atom. The molecule has 0 amide bonds. The maximum atomic E-state index is 10.6. The fourth-order valence-electron chi connectivity index (χ4n) is 2.09. The zero-order valence-corrected chi connectivity index (χ0v) is 12.6. The van der Waals surface area contributed by atoms with Gasteiger partial charge in [0, 0.05) is 23.2 Å². The van der Waals surface area contributed by atoms with Crippen LogP contribution in [-0.2, 0) is 17.9 Å². The molecule has 1 heterocycles. The lowest BCUT2D eigenvalue weighted by Gasteiger charge is -2.14. The molecule has 0 spiro atoms. The maximum absolute atomic E-state index is 10.6. The summed E-state index contributed by atoms with van der Waals surface area (Å²) in [4.78, 5) is 1.13. The summed E-state index contributed by atoms with van der Waals surface area (Å²) in [6.07, 6.45) is 3.66. The molecule has 0 saturated heterocycles. The van der Waals surface area contributed by atoms with E-state index in [9.17, 15) is 4.21 Å². The Morgan fingerprint density at radius 2 is 2.42 bits per heavy atom. The van der Waals surface area contributed by atoms with E-state index in [1.807, 2.05) is 12.1 Å². The lowest BCUT2D eigenvalue weighted by molar-refractivity contribution is 0.457. The van der Waals surface area contributed by atoms with Crippen molar-refractivity contribution in [1.82, 2.24) is 5.32 Å². The van der Waals surface area contributed by atoms with Crippen molar-refractivity contribution in [2.45, 2.75) is 43.7 Å². The summed E-state index contributed by atoms with van der Waals surface area (Å²) in [7, 11) is 0. The standard InChI is InChI=1S/C13H19NO3S2/c1-2-3-4-11-9-18-13-7-12(17-19(15)16)6-5-10(13)8-14-11/h5-7,11,14H,2-4,8-9H2,1H3,(H,15,16). The van der Waals surface area contributed by atoms with Gasteiger partial charge in [0.25, 0.3) is 0 Å². The third kappa shape index (κ3) is 4.49. The number of hydrogen-bond donors (Lipinski definition) is 2. The van der Waals surface area contributed by atoms with Crippen LogP contribution in [0.4, 0.5) is 0 Å². The average molecular weight is 301 g/mol. The molecule has 2 rings (SSSR count). The van der Waals surface area contributed by atoms with E-state index in [-0.39, 0.29) is 0 Å². The van der Waals surface area contributed by atoms with E-state index in [1.165, 1.54) is 24.8 Å². The molecule has 19 heavy (non-hydrogen) atoms. The number of thioether (sulfide) groups is 1. The predicted octanol–water partition coefficient (Wildman–Crippen LogP) is 2.96. The summed E-state index contributed by atoms with van der Waals surface area (Å²) >= 11 is -0.472. The molecular weight excluding hydrogens is 282 g/mol. The van der Waals surface area contributed by atoms with E-state index in [0.29, 0.717) is 11.8 Å². The first-order chi connectivity index (χ1) is 9.19. The summed E-state index contributed by atoms with van der Waals surface area (Å²) in [6.45, 7) is 3.05. The SMILES string of the molecule is CCCCC1CSc2cc(OS(=O)O)ccc2CN1. The molecule has 0 aliphatic carbocycles. The molecule has 2 unspecified atom stereocenters. The van der Waals surface area contributed by atoms with E-state index in [0.717, 1.165) is 17.2 Å². The van der Waals surface area contributed by atoms with Gasteiger partial charge in [-0.05, 0) is 24.1 Å². The van der Waals surface area contributed by atoms with Crippen molar-refractivity contribution in [2.24, 2.45) is 0 Å². The first-order valence-electron chi connectivity index (χ1n) is 6.47. The van der Waals surface area contributed by atoms with E-state index in [4.69, 9.17) is 8.74 Å². The van der Waals surface area contributed by atoms with Crippen molar-refractivity contribution < 1.29 is 12.9 Å². The highest BCUT2D eigenvalue weighted by molar-refractivity contribution is 7.99. The van der Waals surface area contributed by atoms with Crippen molar-refractivity contribution in [3.05, 3.63) is 23.8 Å². The van der Waals surface area contributed by atoms with Gasteiger partial charge in [0.1, 0.15) is 5.75 Å². The number of unbranched alkanes of at least 4 members (excludes halogenated alkanes) is 1. The van der Waals surface area contributed by atoms with Gasteiger partial charge in [-0.2, -0.15) is 4.21 Å². The minimum atomic E-state index is -2.26. The Morgan fingerprint density at radius 3 is 3.16 bits per heavy atom. The van der Waals surface area contributed by atoms with Crippen molar-refractivity contribution in [1.29, 1.82) is 0 Å². The van der Waals surface area contributed by atoms with Crippen molar-refractivity contribution >= 4 is 23.1 Å². The topological polar surface area (TPSA) is 58.6 Å². The molecular formula is C13H19NO3S2. The second kappa shape index (κ2) is 7.28. The Hall–Kier alpha value is -0.560. The van der Waals surface area contributed by atoms with E-state index < -0.39 is 11.4 Å². The number of rotatable bonds is 5. The molecule has 6 heteroatoms. The molecule has 1 aromatic rings. The lowest BCUT2D eigenvalue weighted by Crippen LogP contribution is -2.29. The van der Waals surface area contributed by atoms with Crippen LogP contribution in [0.25, 0.3) is 0 Å². The molecule has 106 valence electrons. The summed E-state index contributed by atoms with van der Waals surface area (Å²) in [5.41, 5.74) is 1.22. The predicted molar refractivity (Wildman–Crippen MR) is 78.7 cm³/mol. The molecule has 0 saturated carbocycles. The van der Waals surface area contributed by atoms with Gasteiger partial charge in [0.05, 0.1) is 0 Å². The highest BCUT2D eigenvalue weighted by Crippen LogP contribution is 2.31. The molecule has 4 nitrogen and oxygen atoms in total. The quantitative estimate of drug-likeness (QED) is 0.819. The molecule has 1 aliphatic heterocycles. The largest absolute Gasteiger partial charge is 0.380 e. The van der Waals surface area contributed by atoms with Gasteiger partial charge in [0.15, 0.2) is 0 Å². The average Bonchev–Trinajstić information content (AvgIpc) is 2.58. The lowest BCUT2D eigenvalue weighted by atomic mass is 10.1. The Bertz CT molecular complexity index is 454. The monoisotopic (exact) mass is 301 g/mol. The first-order valence-corrected chi connectivity index (χ1v) is 8.49. The number of hydrogen-bond acceptors (Lipinski definition) is 4. The smallest absolute Gasteiger partial charge is 0.357 e. The fourth-order valence-corrected chi connectivity index (χ4v) is 3.55. The Labute approximate surface area is 120 Å². The molecule has 0 aromatic heterocycles. The van der Waals surface area contributed by atoms with Crippen LogP contribution in [0.1, 0.15) is 31.7 Å². The molecule has 2 N–H and O–H groups in total. The molecule has 0 bridgehead atoms. The van der Waals surface area contributed by atoms with Gasteiger partial charge in [-0.3, -0.25) is 4.55 Å². The van der Waals surface area contributed by atoms with Crippen LogP contribution in [0, 0.1) is 0 Å². The van der Waals surface area contributed by atoms with E-state index in [1.54, 1.807) is 17.8 Å². The van der Waals surface area contributed by atoms with Gasteiger partial charge < -0.3 is 9.50 Å². The van der Waals surface area contributed by atoms with Crippen LogP contribution >= 0.6 is 11.8 Å². The van der Waals surface area contributed by atoms with Gasteiger partial charge in [-0.1, -0.05) is 25.8 Å². The minimum absolute atomic E-state index is 0.444. The molecule has 0 radical (unpaired) electrons. The maximum Gasteiger partial charge on any atom is 0.357 e. The van der Waals surface area contributed by atoms with Crippen LogP contribution in [-0.4, -0.2) is 20.6 Å². The highest BCUT2D eigenvalue weighted by atomic mass is 32.2. The molecule has 0 fully saturated rings. The van der Waals surface area contributed by atoms with Crippen LogP contribution in [0.2, 0.25) is 0 Å². The molecule has 1 aromatic carbocycles. The Balaban J connectivity index is 2.03. The van der Waals surface area contributed by atoms with Crippen molar-refractivity contribution in [3.63, 3.8) is 0 Å². The third-order valence-electron chi connectivity index (χ3n) is 3.13. The molecule has 1 aliphatic rings. The van der Waals surface area contributed by atoms with Crippen LogP contribution in [0.5, 0.6) is 5.75 Å². The number of benzene rings is 1. The second-order valence-electron chi connectivity index (χ2n) is 4.60. The second-order valence-corrected chi connectivity index (χ2v) is 6.26. The zero-order chi connectivity index (χ0) is 13.7. The zero-order valence-electron chi connectivity index (χ0n) is 10.9. The minimum Gasteiger partial charge on any atom is -0.380 e. The van der Waals surface area contributed by atoms with E-state index >= 15 is 0 Å². The summed E-state index contributed by atoms with van der Waals surface area (Å²) in [5, 5.41) is 3.56. The van der Waals surface area contributed by atoms with Gasteiger partial charge in [-0.15, -0.1) is 11.8 Å². The summed E-state index contributed by atoms with van der Waals surface area (Å²) in [5.74, 6) is 1.47. The number of nitrogens with one attached hydrogen (secondary N) is 1. The van der Waals surface area contributed by atoms with Gasteiger partial charge in [-0.25, -0.2) is 0 Å². The fraction of sp³-hybridized carbons (Fsp3) is 0.538. The van der Waals surface area contributed by atoms with E-state index in [2.05, 4.69) is 12.2 Å². The summed E-state index contributed by atoms with van der Waals surface area (Å²) in [6, 6.07) is 6.08. The third-order valence-corrected chi connectivity index (χ3v) is 4.73. The van der Waals surface area contributed by atoms with Crippen LogP contribution in [0.15, 0.2) is 23.1 Å².